The maximum absolute atomic E-state index is 10.3. The van der Waals surface area contributed by atoms with Gasteiger partial charge in [0.2, 0.25) is 0 Å². The monoisotopic (exact) mass is 382 g/mol. The van der Waals surface area contributed by atoms with Crippen LogP contribution in [0, 0.1) is 0 Å². The number of benzene rings is 1. The Morgan fingerprint density at radius 1 is 1.35 bits per heavy atom. The van der Waals surface area contributed by atoms with Gasteiger partial charge in [0.05, 0.1) is 18.1 Å². The Bertz CT molecular complexity index is 619. The lowest BCUT2D eigenvalue weighted by atomic mass is 10.2. The predicted octanol–water partition coefficient (Wildman–Crippen LogP) is 2.71. The zero-order chi connectivity index (χ0) is 16.5. The maximum Gasteiger partial charge on any atom is 0.329 e. The van der Waals surface area contributed by atoms with Crippen molar-refractivity contribution in [2.24, 2.45) is 0 Å². The van der Waals surface area contributed by atoms with E-state index >= 15 is 0 Å². The number of nitrogens with zero attached hydrogens (tertiary/aromatic N) is 3. The summed E-state index contributed by atoms with van der Waals surface area (Å²) in [7, 11) is 0. The van der Waals surface area contributed by atoms with E-state index in [9.17, 15) is 4.79 Å². The van der Waals surface area contributed by atoms with Crippen molar-refractivity contribution >= 4 is 27.6 Å². The molecule has 0 saturated heterocycles. The fourth-order valence-electron chi connectivity index (χ4n) is 2.04. The van der Waals surface area contributed by atoms with Crippen molar-refractivity contribution in [1.82, 2.24) is 15.0 Å². The summed E-state index contributed by atoms with van der Waals surface area (Å²) in [5, 5.41) is 19.6. The molecule has 0 saturated carbocycles. The summed E-state index contributed by atoms with van der Waals surface area (Å²) >= 11 is 3.54. The first-order chi connectivity index (χ1) is 11.2. The molecule has 0 aliphatic rings. The molecule has 0 aliphatic heterocycles. The highest BCUT2D eigenvalue weighted by Crippen LogP contribution is 2.24. The highest BCUT2D eigenvalue weighted by Gasteiger charge is 2.04. The number of carboxylic acid groups (broad SMARTS) is 1. The second-order valence-electron chi connectivity index (χ2n) is 4.95. The number of unbranched alkanes of at least 4 members (excludes halogenated alkanes) is 2. The average Bonchev–Trinajstić information content (AvgIpc) is 3.04. The quantitative estimate of drug-likeness (QED) is 0.614. The van der Waals surface area contributed by atoms with Crippen LogP contribution in [0.15, 0.2) is 35.1 Å². The zero-order valence-electron chi connectivity index (χ0n) is 12.6. The van der Waals surface area contributed by atoms with Crippen LogP contribution < -0.4 is 5.32 Å². The summed E-state index contributed by atoms with van der Waals surface area (Å²) in [4.78, 5) is 10.3. The van der Waals surface area contributed by atoms with E-state index in [1.807, 2.05) is 18.2 Å². The largest absolute Gasteiger partial charge is 0.480 e. The molecular formula is C15H19BrN4O3. The van der Waals surface area contributed by atoms with Gasteiger partial charge in [-0.1, -0.05) is 5.21 Å². The van der Waals surface area contributed by atoms with Crippen LogP contribution in [-0.2, 0) is 9.53 Å². The van der Waals surface area contributed by atoms with Crippen LogP contribution in [0.25, 0.3) is 5.69 Å². The smallest absolute Gasteiger partial charge is 0.329 e. The van der Waals surface area contributed by atoms with Crippen LogP contribution >= 0.6 is 15.9 Å². The normalized spacial score (nSPS) is 10.7. The molecule has 1 aromatic carbocycles. The van der Waals surface area contributed by atoms with E-state index in [0.717, 1.165) is 41.7 Å². The summed E-state index contributed by atoms with van der Waals surface area (Å²) in [6.45, 7) is 1.13. The highest BCUT2D eigenvalue weighted by molar-refractivity contribution is 9.10. The Labute approximate surface area is 142 Å². The van der Waals surface area contributed by atoms with Crippen LogP contribution in [0.5, 0.6) is 0 Å². The zero-order valence-corrected chi connectivity index (χ0v) is 14.2. The number of aliphatic carboxylic acids is 1. The molecule has 0 radical (unpaired) electrons. The summed E-state index contributed by atoms with van der Waals surface area (Å²) in [6, 6.07) is 5.98. The van der Waals surface area contributed by atoms with Gasteiger partial charge in [-0.25, -0.2) is 9.48 Å². The molecule has 0 fully saturated rings. The molecule has 0 spiro atoms. The first kappa shape index (κ1) is 17.4. The van der Waals surface area contributed by atoms with Gasteiger partial charge in [-0.05, 0) is 53.4 Å². The van der Waals surface area contributed by atoms with Gasteiger partial charge in [-0.2, -0.15) is 0 Å². The fraction of sp³-hybridized carbons (Fsp3) is 0.400. The van der Waals surface area contributed by atoms with Crippen molar-refractivity contribution in [2.75, 3.05) is 25.1 Å². The van der Waals surface area contributed by atoms with E-state index in [2.05, 4.69) is 31.6 Å². The minimum Gasteiger partial charge on any atom is -0.480 e. The average molecular weight is 383 g/mol. The number of carbonyl (C=O) groups is 1. The summed E-state index contributed by atoms with van der Waals surface area (Å²) < 4.78 is 7.62. The first-order valence-electron chi connectivity index (χ1n) is 7.36. The number of rotatable bonds is 10. The van der Waals surface area contributed by atoms with Crippen LogP contribution in [0.2, 0.25) is 0 Å². The molecule has 23 heavy (non-hydrogen) atoms. The Balaban J connectivity index is 1.66. The summed E-state index contributed by atoms with van der Waals surface area (Å²) in [5.41, 5.74) is 1.96. The second kappa shape index (κ2) is 9.26. The lowest BCUT2D eigenvalue weighted by Crippen LogP contribution is -2.08. The predicted molar refractivity (Wildman–Crippen MR) is 89.9 cm³/mol. The third kappa shape index (κ3) is 5.99. The van der Waals surface area contributed by atoms with Gasteiger partial charge >= 0.3 is 5.97 Å². The Morgan fingerprint density at radius 2 is 2.22 bits per heavy atom. The molecule has 0 aliphatic carbocycles. The Morgan fingerprint density at radius 3 is 2.91 bits per heavy atom. The van der Waals surface area contributed by atoms with Crippen molar-refractivity contribution in [1.29, 1.82) is 0 Å². The third-order valence-corrected chi connectivity index (χ3v) is 3.77. The van der Waals surface area contributed by atoms with E-state index in [0.29, 0.717) is 6.61 Å². The van der Waals surface area contributed by atoms with Gasteiger partial charge in [-0.15, -0.1) is 5.10 Å². The third-order valence-electron chi connectivity index (χ3n) is 3.14. The second-order valence-corrected chi connectivity index (χ2v) is 5.80. The number of hydrogen-bond acceptors (Lipinski definition) is 5. The SMILES string of the molecule is O=C(O)COCCCCCNc1ccc(-n2ccnn2)c(Br)c1. The van der Waals surface area contributed by atoms with Gasteiger partial charge in [0.25, 0.3) is 0 Å². The lowest BCUT2D eigenvalue weighted by molar-refractivity contribution is -0.142. The number of aromatic nitrogens is 3. The number of hydrogen-bond donors (Lipinski definition) is 2. The number of carboxylic acids is 1. The molecule has 7 nitrogen and oxygen atoms in total. The molecule has 0 unspecified atom stereocenters. The van der Waals surface area contributed by atoms with Crippen molar-refractivity contribution in [3.05, 3.63) is 35.1 Å². The van der Waals surface area contributed by atoms with Crippen molar-refractivity contribution < 1.29 is 14.6 Å². The minimum atomic E-state index is -0.924. The van der Waals surface area contributed by atoms with E-state index < -0.39 is 5.97 Å². The van der Waals surface area contributed by atoms with Gasteiger partial charge in [-0.3, -0.25) is 0 Å². The summed E-state index contributed by atoms with van der Waals surface area (Å²) in [6.07, 6.45) is 6.28. The van der Waals surface area contributed by atoms with Crippen LogP contribution in [0.1, 0.15) is 19.3 Å². The molecule has 2 aromatic rings. The van der Waals surface area contributed by atoms with Gasteiger partial charge in [0, 0.05) is 23.3 Å². The Hall–Kier alpha value is -1.93. The fourth-order valence-corrected chi connectivity index (χ4v) is 2.60. The molecule has 1 aromatic heterocycles. The number of anilines is 1. The van der Waals surface area contributed by atoms with Gasteiger partial charge < -0.3 is 15.2 Å². The number of ether oxygens (including phenoxy) is 1. The van der Waals surface area contributed by atoms with Gasteiger partial charge in [0.1, 0.15) is 6.61 Å². The molecule has 0 amide bonds. The molecule has 1 heterocycles. The van der Waals surface area contributed by atoms with Crippen LogP contribution in [0.4, 0.5) is 5.69 Å². The van der Waals surface area contributed by atoms with E-state index in [4.69, 9.17) is 9.84 Å². The van der Waals surface area contributed by atoms with Crippen molar-refractivity contribution in [3.8, 4) is 5.69 Å². The lowest BCUT2D eigenvalue weighted by Gasteiger charge is -2.09. The van der Waals surface area contributed by atoms with Crippen molar-refractivity contribution in [2.45, 2.75) is 19.3 Å². The van der Waals surface area contributed by atoms with E-state index in [1.165, 1.54) is 0 Å². The molecule has 0 atom stereocenters. The van der Waals surface area contributed by atoms with Gasteiger partial charge in [0.15, 0.2) is 0 Å². The molecule has 8 heteroatoms. The molecule has 0 bridgehead atoms. The topological polar surface area (TPSA) is 89.3 Å². The number of nitrogens with one attached hydrogen (secondary N) is 1. The molecular weight excluding hydrogens is 364 g/mol. The minimum absolute atomic E-state index is 0.218. The van der Waals surface area contributed by atoms with Crippen LogP contribution in [-0.4, -0.2) is 45.8 Å². The molecule has 2 N–H and O–H groups in total. The Kier molecular flexibility index (Phi) is 7.02. The van der Waals surface area contributed by atoms with E-state index in [1.54, 1.807) is 17.1 Å². The first-order valence-corrected chi connectivity index (χ1v) is 8.16. The summed E-state index contributed by atoms with van der Waals surface area (Å²) in [5.74, 6) is -0.924. The maximum atomic E-state index is 10.3. The molecule has 124 valence electrons. The highest BCUT2D eigenvalue weighted by atomic mass is 79.9. The van der Waals surface area contributed by atoms with Crippen molar-refractivity contribution in [3.63, 3.8) is 0 Å². The molecule has 2 rings (SSSR count). The van der Waals surface area contributed by atoms with Crippen LogP contribution in [0.3, 0.4) is 0 Å². The van der Waals surface area contributed by atoms with E-state index in [-0.39, 0.29) is 6.61 Å². The number of halogens is 1. The standard InChI is InChI=1S/C15H19BrN4O3/c16-13-10-12(4-5-14(13)20-8-7-18-19-20)17-6-2-1-3-9-23-11-15(21)22/h4-5,7-8,10,17H,1-3,6,9,11H2,(H,21,22).